The van der Waals surface area contributed by atoms with Gasteiger partial charge < -0.3 is 19.5 Å². The van der Waals surface area contributed by atoms with Crippen LogP contribution < -0.4 is 19.5 Å². The van der Waals surface area contributed by atoms with E-state index < -0.39 is 30.3 Å². The number of amides is 5. The molecular weight excluding hydrogens is 414 g/mol. The van der Waals surface area contributed by atoms with Crippen molar-refractivity contribution in [3.8, 4) is 17.2 Å². The van der Waals surface area contributed by atoms with E-state index in [0.29, 0.717) is 27.8 Å². The van der Waals surface area contributed by atoms with Gasteiger partial charge in [-0.05, 0) is 11.4 Å². The molecule has 3 rings (SSSR count). The van der Waals surface area contributed by atoms with E-state index in [-0.39, 0.29) is 6.54 Å². The smallest absolute Gasteiger partial charge is 0.335 e. The fourth-order valence-corrected chi connectivity index (χ4v) is 3.58. The minimum atomic E-state index is -1.04. The van der Waals surface area contributed by atoms with E-state index in [1.807, 2.05) is 0 Å². The van der Waals surface area contributed by atoms with Gasteiger partial charge in [0, 0.05) is 22.7 Å². The van der Waals surface area contributed by atoms with Crippen molar-refractivity contribution in [1.82, 2.24) is 9.80 Å². The summed E-state index contributed by atoms with van der Waals surface area (Å²) in [6.07, 6.45) is 0. The first-order chi connectivity index (χ1) is 14.4. The van der Waals surface area contributed by atoms with E-state index in [0.717, 1.165) is 9.78 Å². The minimum Gasteiger partial charge on any atom is -0.493 e. The van der Waals surface area contributed by atoms with Crippen molar-refractivity contribution in [2.45, 2.75) is 6.54 Å². The number of carbonyl (C=O) groups is 4. The van der Waals surface area contributed by atoms with Crippen LogP contribution in [0.5, 0.6) is 17.2 Å². The zero-order valence-electron chi connectivity index (χ0n) is 16.5. The summed E-state index contributed by atoms with van der Waals surface area (Å²) in [6.45, 7) is -0.632. The molecule has 0 aliphatic carbocycles. The number of methoxy groups -OCH3 is 3. The van der Waals surface area contributed by atoms with Gasteiger partial charge in [0.15, 0.2) is 11.5 Å². The number of urea groups is 1. The first-order valence-electron chi connectivity index (χ1n) is 8.69. The molecule has 11 heteroatoms. The average molecular weight is 433 g/mol. The zero-order chi connectivity index (χ0) is 21.8. The predicted octanol–water partition coefficient (Wildman–Crippen LogP) is 1.70. The van der Waals surface area contributed by atoms with Crippen molar-refractivity contribution in [2.75, 3.05) is 33.2 Å². The normalized spacial score (nSPS) is 13.6. The highest BCUT2D eigenvalue weighted by Crippen LogP contribution is 2.39. The topological polar surface area (TPSA) is 114 Å². The Bertz CT molecular complexity index is 965. The van der Waals surface area contributed by atoms with Gasteiger partial charge in [0.05, 0.1) is 27.9 Å². The first kappa shape index (κ1) is 21.1. The van der Waals surface area contributed by atoms with E-state index in [4.69, 9.17) is 14.2 Å². The fourth-order valence-electron chi connectivity index (χ4n) is 2.88. The number of ether oxygens (including phenoxy) is 3. The fraction of sp³-hybridized carbons (Fsp3) is 0.263. The molecule has 0 radical (unpaired) electrons. The molecule has 1 N–H and O–H groups in total. The predicted molar refractivity (Wildman–Crippen MR) is 107 cm³/mol. The van der Waals surface area contributed by atoms with Crippen molar-refractivity contribution in [3.05, 3.63) is 34.5 Å². The number of nitrogens with zero attached hydrogens (tertiary/aromatic N) is 2. The molecule has 0 unspecified atom stereocenters. The number of hydrogen-bond acceptors (Lipinski definition) is 8. The van der Waals surface area contributed by atoms with E-state index in [2.05, 4.69) is 5.32 Å². The Morgan fingerprint density at radius 3 is 2.17 bits per heavy atom. The van der Waals surface area contributed by atoms with Crippen LogP contribution in [0.15, 0.2) is 29.6 Å². The molecule has 1 saturated heterocycles. The molecular formula is C19H19N3O7S. The van der Waals surface area contributed by atoms with Crippen molar-refractivity contribution in [3.63, 3.8) is 0 Å². The molecule has 1 aliphatic heterocycles. The van der Waals surface area contributed by atoms with Crippen molar-refractivity contribution in [2.24, 2.45) is 0 Å². The average Bonchev–Trinajstić information content (AvgIpc) is 3.32. The molecule has 30 heavy (non-hydrogen) atoms. The van der Waals surface area contributed by atoms with Crippen LogP contribution in [-0.4, -0.2) is 61.4 Å². The Hall–Kier alpha value is -3.60. The highest BCUT2D eigenvalue weighted by molar-refractivity contribution is 7.09. The third-order valence-corrected chi connectivity index (χ3v) is 5.14. The Kier molecular flexibility index (Phi) is 6.21. The van der Waals surface area contributed by atoms with Crippen LogP contribution in [0.1, 0.15) is 4.88 Å². The molecule has 1 aromatic heterocycles. The summed E-state index contributed by atoms with van der Waals surface area (Å²) in [5.74, 6) is -1.70. The molecule has 0 bridgehead atoms. The Morgan fingerprint density at radius 2 is 1.63 bits per heavy atom. The van der Waals surface area contributed by atoms with Crippen LogP contribution in [0.25, 0.3) is 0 Å². The Balaban J connectivity index is 1.72. The molecule has 0 spiro atoms. The van der Waals surface area contributed by atoms with E-state index in [1.165, 1.54) is 44.8 Å². The number of thiophene rings is 1. The van der Waals surface area contributed by atoms with Gasteiger partial charge in [0.25, 0.3) is 0 Å². The number of benzene rings is 1. The lowest BCUT2D eigenvalue weighted by Crippen LogP contribution is -2.38. The molecule has 0 atom stereocenters. The summed E-state index contributed by atoms with van der Waals surface area (Å²) in [5.41, 5.74) is 0.301. The van der Waals surface area contributed by atoms with Gasteiger partial charge in [0.2, 0.25) is 11.7 Å². The summed E-state index contributed by atoms with van der Waals surface area (Å²) >= 11 is 1.35. The third-order valence-electron chi connectivity index (χ3n) is 4.28. The van der Waals surface area contributed by atoms with Gasteiger partial charge in [0.1, 0.15) is 6.54 Å². The molecule has 1 aliphatic rings. The number of nitrogens with one attached hydrogen (secondary N) is 1. The summed E-state index contributed by atoms with van der Waals surface area (Å²) < 4.78 is 15.7. The summed E-state index contributed by atoms with van der Waals surface area (Å²) in [7, 11) is 4.30. The molecule has 2 heterocycles. The second-order valence-electron chi connectivity index (χ2n) is 6.11. The zero-order valence-corrected chi connectivity index (χ0v) is 17.3. The Labute approximate surface area is 175 Å². The van der Waals surface area contributed by atoms with Gasteiger partial charge in [-0.25, -0.2) is 9.69 Å². The number of hydrogen-bond donors (Lipinski definition) is 1. The number of rotatable bonds is 8. The van der Waals surface area contributed by atoms with Gasteiger partial charge in [-0.3, -0.25) is 19.3 Å². The number of anilines is 1. The van der Waals surface area contributed by atoms with Crippen LogP contribution in [0, 0.1) is 0 Å². The maximum Gasteiger partial charge on any atom is 0.335 e. The number of carbonyl (C=O) groups excluding carboxylic acids is 4. The highest BCUT2D eigenvalue weighted by Gasteiger charge is 2.45. The lowest BCUT2D eigenvalue weighted by atomic mass is 10.2. The second kappa shape index (κ2) is 8.82. The number of imide groups is 2. The van der Waals surface area contributed by atoms with Gasteiger partial charge in [-0.2, -0.15) is 0 Å². The molecule has 0 saturated carbocycles. The van der Waals surface area contributed by atoms with E-state index >= 15 is 0 Å². The van der Waals surface area contributed by atoms with Gasteiger partial charge >= 0.3 is 17.8 Å². The third kappa shape index (κ3) is 4.06. The van der Waals surface area contributed by atoms with Gasteiger partial charge in [-0.1, -0.05) is 6.07 Å². The SMILES string of the molecule is COc1cc(NC(=O)CN2C(=O)C(=O)N(Cc3cccs3)C2=O)cc(OC)c1OC. The van der Waals surface area contributed by atoms with Crippen LogP contribution >= 0.6 is 11.3 Å². The van der Waals surface area contributed by atoms with Gasteiger partial charge in [-0.15, -0.1) is 11.3 Å². The molecule has 5 amide bonds. The second-order valence-corrected chi connectivity index (χ2v) is 7.14. The maximum atomic E-state index is 12.5. The lowest BCUT2D eigenvalue weighted by Gasteiger charge is -2.16. The minimum absolute atomic E-state index is 0.0218. The standard InChI is InChI=1S/C19H19N3O7S/c1-27-13-7-11(8-14(28-2)16(13)29-3)20-15(23)10-22-18(25)17(24)21(19(22)26)9-12-5-4-6-30-12/h4-8H,9-10H2,1-3H3,(H,20,23). The van der Waals surface area contributed by atoms with Crippen LogP contribution in [0.2, 0.25) is 0 Å². The van der Waals surface area contributed by atoms with Crippen LogP contribution in [0.4, 0.5) is 10.5 Å². The largest absolute Gasteiger partial charge is 0.493 e. The maximum absolute atomic E-state index is 12.5. The summed E-state index contributed by atoms with van der Waals surface area (Å²) in [4.78, 5) is 51.5. The van der Waals surface area contributed by atoms with E-state index in [9.17, 15) is 19.2 Å². The molecule has 1 fully saturated rings. The molecule has 2 aromatic rings. The summed E-state index contributed by atoms with van der Waals surface area (Å²) in [6, 6.07) is 5.69. The van der Waals surface area contributed by atoms with Crippen LogP contribution in [-0.2, 0) is 20.9 Å². The quantitative estimate of drug-likeness (QED) is 0.498. The van der Waals surface area contributed by atoms with Crippen molar-refractivity contribution in [1.29, 1.82) is 0 Å². The van der Waals surface area contributed by atoms with E-state index in [1.54, 1.807) is 17.5 Å². The molecule has 158 valence electrons. The molecule has 1 aromatic carbocycles. The van der Waals surface area contributed by atoms with Crippen LogP contribution in [0.3, 0.4) is 0 Å². The monoisotopic (exact) mass is 433 g/mol. The Morgan fingerprint density at radius 1 is 1.00 bits per heavy atom. The highest BCUT2D eigenvalue weighted by atomic mass is 32.1. The first-order valence-corrected chi connectivity index (χ1v) is 9.57. The summed E-state index contributed by atoms with van der Waals surface area (Å²) in [5, 5.41) is 4.35. The van der Waals surface area contributed by atoms with Crippen molar-refractivity contribution < 1.29 is 33.4 Å². The molecule has 10 nitrogen and oxygen atoms in total. The van der Waals surface area contributed by atoms with Crippen molar-refractivity contribution >= 4 is 40.8 Å². The lowest BCUT2D eigenvalue weighted by molar-refractivity contribution is -0.143.